The number of rotatable bonds is 3. The van der Waals surface area contributed by atoms with Crippen molar-refractivity contribution in [3.63, 3.8) is 0 Å². The minimum atomic E-state index is -0.425. The van der Waals surface area contributed by atoms with Crippen molar-refractivity contribution < 1.29 is 9.18 Å². The molecule has 1 unspecified atom stereocenters. The highest BCUT2D eigenvalue weighted by Crippen LogP contribution is 2.23. The lowest BCUT2D eigenvalue weighted by Gasteiger charge is -2.15. The van der Waals surface area contributed by atoms with Crippen LogP contribution < -0.4 is 5.32 Å². The van der Waals surface area contributed by atoms with Gasteiger partial charge in [0, 0.05) is 15.1 Å². The van der Waals surface area contributed by atoms with Crippen LogP contribution in [0, 0.1) is 5.82 Å². The van der Waals surface area contributed by atoms with Gasteiger partial charge in [-0.1, -0.05) is 29.8 Å². The maximum Gasteiger partial charge on any atom is 0.252 e. The molecular formula is C15H12BrClFNO. The molecular weight excluding hydrogens is 345 g/mol. The van der Waals surface area contributed by atoms with Crippen LogP contribution in [0.2, 0.25) is 5.02 Å². The summed E-state index contributed by atoms with van der Waals surface area (Å²) in [5.41, 5.74) is 0.906. The van der Waals surface area contributed by atoms with Gasteiger partial charge in [-0.15, -0.1) is 0 Å². The first kappa shape index (κ1) is 15.0. The Labute approximate surface area is 130 Å². The van der Waals surface area contributed by atoms with Gasteiger partial charge >= 0.3 is 0 Å². The SMILES string of the molecule is CC(NC(=O)c1ccc(Cl)cc1Br)c1ccccc1F. The fraction of sp³-hybridized carbons (Fsp3) is 0.133. The van der Waals surface area contributed by atoms with Crippen molar-refractivity contribution in [3.05, 3.63) is 68.9 Å². The zero-order valence-electron chi connectivity index (χ0n) is 10.7. The topological polar surface area (TPSA) is 29.1 Å². The summed E-state index contributed by atoms with van der Waals surface area (Å²) in [7, 11) is 0. The summed E-state index contributed by atoms with van der Waals surface area (Å²) in [6.07, 6.45) is 0. The molecule has 0 spiro atoms. The van der Waals surface area contributed by atoms with Gasteiger partial charge in [-0.3, -0.25) is 4.79 Å². The van der Waals surface area contributed by atoms with Crippen molar-refractivity contribution in [2.75, 3.05) is 0 Å². The van der Waals surface area contributed by atoms with E-state index in [0.717, 1.165) is 0 Å². The maximum atomic E-state index is 13.6. The number of amides is 1. The van der Waals surface area contributed by atoms with Gasteiger partial charge in [0.2, 0.25) is 0 Å². The highest BCUT2D eigenvalue weighted by Gasteiger charge is 2.16. The summed E-state index contributed by atoms with van der Waals surface area (Å²) < 4.78 is 14.2. The van der Waals surface area contributed by atoms with E-state index >= 15 is 0 Å². The summed E-state index contributed by atoms with van der Waals surface area (Å²) in [6, 6.07) is 10.8. The van der Waals surface area contributed by atoms with Crippen LogP contribution in [0.25, 0.3) is 0 Å². The van der Waals surface area contributed by atoms with Crippen LogP contribution in [-0.4, -0.2) is 5.91 Å². The van der Waals surface area contributed by atoms with E-state index < -0.39 is 6.04 Å². The molecule has 2 aromatic carbocycles. The molecule has 2 aromatic rings. The van der Waals surface area contributed by atoms with Gasteiger partial charge in [-0.25, -0.2) is 4.39 Å². The standard InChI is InChI=1S/C15H12BrClFNO/c1-9(11-4-2-3-5-14(11)18)19-15(20)12-7-6-10(17)8-13(12)16/h2-9H,1H3,(H,19,20). The predicted molar refractivity (Wildman–Crippen MR) is 81.4 cm³/mol. The van der Waals surface area contributed by atoms with Crippen molar-refractivity contribution >= 4 is 33.4 Å². The Hall–Kier alpha value is -1.39. The summed E-state index contributed by atoms with van der Waals surface area (Å²) in [5, 5.41) is 3.30. The molecule has 0 aliphatic rings. The summed E-state index contributed by atoms with van der Waals surface area (Å²) >= 11 is 9.12. The van der Waals surface area contributed by atoms with Crippen molar-refractivity contribution in [2.45, 2.75) is 13.0 Å². The Kier molecular flexibility index (Phi) is 4.78. The molecule has 0 aliphatic heterocycles. The normalized spacial score (nSPS) is 12.0. The van der Waals surface area contributed by atoms with Gasteiger partial charge in [0.1, 0.15) is 5.82 Å². The smallest absolute Gasteiger partial charge is 0.252 e. The minimum absolute atomic E-state index is 0.288. The van der Waals surface area contributed by atoms with Crippen molar-refractivity contribution in [2.24, 2.45) is 0 Å². The second-order valence-electron chi connectivity index (χ2n) is 4.34. The fourth-order valence-corrected chi connectivity index (χ4v) is 2.71. The molecule has 0 aromatic heterocycles. The van der Waals surface area contributed by atoms with Crippen molar-refractivity contribution in [1.82, 2.24) is 5.32 Å². The van der Waals surface area contributed by atoms with Crippen LogP contribution in [-0.2, 0) is 0 Å². The first-order chi connectivity index (χ1) is 9.49. The Bertz CT molecular complexity index is 648. The average molecular weight is 357 g/mol. The second-order valence-corrected chi connectivity index (χ2v) is 5.63. The number of benzene rings is 2. The summed E-state index contributed by atoms with van der Waals surface area (Å²) in [6.45, 7) is 1.74. The molecule has 2 nitrogen and oxygen atoms in total. The van der Waals surface area contributed by atoms with E-state index in [4.69, 9.17) is 11.6 Å². The molecule has 0 aliphatic carbocycles. The maximum absolute atomic E-state index is 13.6. The Morgan fingerprint density at radius 1 is 1.30 bits per heavy atom. The molecule has 1 amide bonds. The van der Waals surface area contributed by atoms with E-state index in [9.17, 15) is 9.18 Å². The van der Waals surface area contributed by atoms with Crippen LogP contribution in [0.3, 0.4) is 0 Å². The number of nitrogens with one attached hydrogen (secondary N) is 1. The zero-order chi connectivity index (χ0) is 14.7. The van der Waals surface area contributed by atoms with E-state index in [1.165, 1.54) is 6.07 Å². The quantitative estimate of drug-likeness (QED) is 0.846. The Balaban J connectivity index is 2.17. The highest BCUT2D eigenvalue weighted by atomic mass is 79.9. The third kappa shape index (κ3) is 3.38. The summed E-state index contributed by atoms with van der Waals surface area (Å²) in [4.78, 5) is 12.2. The molecule has 0 bridgehead atoms. The number of carbonyl (C=O) groups is 1. The van der Waals surface area contributed by atoms with Gasteiger partial charge in [0.05, 0.1) is 11.6 Å². The monoisotopic (exact) mass is 355 g/mol. The number of carbonyl (C=O) groups excluding carboxylic acids is 1. The van der Waals surface area contributed by atoms with Gasteiger partial charge in [0.25, 0.3) is 5.91 Å². The van der Waals surface area contributed by atoms with Gasteiger partial charge in [0.15, 0.2) is 0 Å². The molecule has 20 heavy (non-hydrogen) atoms. The lowest BCUT2D eigenvalue weighted by molar-refractivity contribution is 0.0938. The molecule has 2 rings (SSSR count). The predicted octanol–water partition coefficient (Wildman–Crippen LogP) is 4.73. The van der Waals surface area contributed by atoms with Crippen molar-refractivity contribution in [3.8, 4) is 0 Å². The fourth-order valence-electron chi connectivity index (χ4n) is 1.85. The average Bonchev–Trinajstić information content (AvgIpc) is 2.38. The molecule has 1 N–H and O–H groups in total. The molecule has 5 heteroatoms. The van der Waals surface area contributed by atoms with Gasteiger partial charge in [-0.2, -0.15) is 0 Å². The van der Waals surface area contributed by atoms with Gasteiger partial charge in [-0.05, 0) is 47.1 Å². The number of hydrogen-bond donors (Lipinski definition) is 1. The van der Waals surface area contributed by atoms with Crippen LogP contribution >= 0.6 is 27.5 Å². The summed E-state index contributed by atoms with van der Waals surface area (Å²) in [5.74, 6) is -0.625. The van der Waals surface area contributed by atoms with Crippen LogP contribution in [0.4, 0.5) is 4.39 Å². The number of halogens is 3. The zero-order valence-corrected chi connectivity index (χ0v) is 13.0. The largest absolute Gasteiger partial charge is 0.345 e. The molecule has 0 radical (unpaired) electrons. The van der Waals surface area contributed by atoms with Gasteiger partial charge < -0.3 is 5.32 Å². The van der Waals surface area contributed by atoms with E-state index in [2.05, 4.69) is 21.2 Å². The number of hydrogen-bond acceptors (Lipinski definition) is 1. The highest BCUT2D eigenvalue weighted by molar-refractivity contribution is 9.10. The molecule has 0 saturated carbocycles. The van der Waals surface area contributed by atoms with E-state index in [0.29, 0.717) is 20.6 Å². The first-order valence-corrected chi connectivity index (χ1v) is 7.16. The Morgan fingerprint density at radius 2 is 2.00 bits per heavy atom. The molecule has 1 atom stereocenters. The lowest BCUT2D eigenvalue weighted by atomic mass is 10.1. The Morgan fingerprint density at radius 3 is 2.65 bits per heavy atom. The third-order valence-electron chi connectivity index (χ3n) is 2.90. The van der Waals surface area contributed by atoms with E-state index in [1.54, 1.807) is 43.3 Å². The molecule has 104 valence electrons. The van der Waals surface area contributed by atoms with E-state index in [-0.39, 0.29) is 11.7 Å². The second kappa shape index (κ2) is 6.37. The minimum Gasteiger partial charge on any atom is -0.345 e. The lowest BCUT2D eigenvalue weighted by Crippen LogP contribution is -2.27. The third-order valence-corrected chi connectivity index (χ3v) is 3.79. The van der Waals surface area contributed by atoms with E-state index in [1.807, 2.05) is 0 Å². The van der Waals surface area contributed by atoms with Crippen LogP contribution in [0.1, 0.15) is 28.9 Å². The van der Waals surface area contributed by atoms with Crippen LogP contribution in [0.15, 0.2) is 46.9 Å². The van der Waals surface area contributed by atoms with Crippen molar-refractivity contribution in [1.29, 1.82) is 0 Å². The molecule has 0 heterocycles. The molecule has 0 fully saturated rings. The molecule has 0 saturated heterocycles. The van der Waals surface area contributed by atoms with Crippen LogP contribution in [0.5, 0.6) is 0 Å². The first-order valence-electron chi connectivity index (χ1n) is 5.99.